The third kappa shape index (κ3) is 5.72. The molecular formula is C26H33N7O3S. The Labute approximate surface area is 220 Å². The summed E-state index contributed by atoms with van der Waals surface area (Å²) in [6, 6.07) is 7.80. The number of ether oxygens (including phenoxy) is 1. The Morgan fingerprint density at radius 2 is 1.95 bits per heavy atom. The van der Waals surface area contributed by atoms with E-state index in [1.165, 1.54) is 0 Å². The van der Waals surface area contributed by atoms with Crippen molar-refractivity contribution in [1.29, 1.82) is 0 Å². The van der Waals surface area contributed by atoms with Crippen molar-refractivity contribution in [2.45, 2.75) is 44.1 Å². The van der Waals surface area contributed by atoms with E-state index in [0.717, 1.165) is 46.3 Å². The number of thioether (sulfide) groups is 1. The Morgan fingerprint density at radius 1 is 1.19 bits per heavy atom. The van der Waals surface area contributed by atoms with Crippen molar-refractivity contribution in [1.82, 2.24) is 25.1 Å². The average molecular weight is 524 g/mol. The van der Waals surface area contributed by atoms with Crippen molar-refractivity contribution in [2.75, 3.05) is 49.2 Å². The minimum absolute atomic E-state index is 0.0235. The highest BCUT2D eigenvalue weighted by Crippen LogP contribution is 2.29. The van der Waals surface area contributed by atoms with Crippen LogP contribution in [0.3, 0.4) is 0 Å². The number of carbonyl (C=O) groups excluding carboxylic acids is 2. The number of anilines is 2. The van der Waals surface area contributed by atoms with Gasteiger partial charge in [0.1, 0.15) is 5.82 Å². The molecule has 0 radical (unpaired) electrons. The maximum absolute atomic E-state index is 12.9. The van der Waals surface area contributed by atoms with Gasteiger partial charge in [-0.2, -0.15) is 5.10 Å². The molecule has 2 aromatic heterocycles. The normalized spacial score (nSPS) is 18.3. The lowest BCUT2D eigenvalue weighted by atomic mass is 10.1. The maximum Gasteiger partial charge on any atom is 0.227 e. The molecule has 196 valence electrons. The zero-order chi connectivity index (χ0) is 25.9. The molecule has 1 atom stereocenters. The second kappa shape index (κ2) is 11.1. The van der Waals surface area contributed by atoms with E-state index in [9.17, 15) is 9.59 Å². The van der Waals surface area contributed by atoms with Crippen LogP contribution in [0.4, 0.5) is 11.5 Å². The largest absolute Gasteiger partial charge is 0.378 e. The van der Waals surface area contributed by atoms with Gasteiger partial charge in [0, 0.05) is 43.5 Å². The van der Waals surface area contributed by atoms with E-state index < -0.39 is 0 Å². The Balaban J connectivity index is 1.25. The molecule has 1 N–H and O–H groups in total. The topological polar surface area (TPSA) is 105 Å². The summed E-state index contributed by atoms with van der Waals surface area (Å²) >= 11 is 1.62. The lowest BCUT2D eigenvalue weighted by Crippen LogP contribution is -2.37. The number of benzene rings is 1. The Bertz CT molecular complexity index is 1270. The van der Waals surface area contributed by atoms with E-state index in [1.54, 1.807) is 22.9 Å². The van der Waals surface area contributed by atoms with Gasteiger partial charge in [-0.3, -0.25) is 9.59 Å². The van der Waals surface area contributed by atoms with Crippen molar-refractivity contribution in [2.24, 2.45) is 5.92 Å². The van der Waals surface area contributed by atoms with Crippen molar-refractivity contribution < 1.29 is 14.3 Å². The lowest BCUT2D eigenvalue weighted by molar-refractivity contribution is -0.126. The van der Waals surface area contributed by atoms with Crippen molar-refractivity contribution in [3.05, 3.63) is 36.0 Å². The van der Waals surface area contributed by atoms with Crippen LogP contribution in [-0.4, -0.2) is 76.2 Å². The fourth-order valence-corrected chi connectivity index (χ4v) is 5.35. The number of nitrogens with one attached hydrogen (secondary N) is 1. The fourth-order valence-electron chi connectivity index (χ4n) is 4.65. The van der Waals surface area contributed by atoms with Crippen LogP contribution < -0.4 is 15.1 Å². The monoisotopic (exact) mass is 523 g/mol. The number of morpholine rings is 1. The number of amides is 2. The van der Waals surface area contributed by atoms with Gasteiger partial charge < -0.3 is 19.9 Å². The molecule has 5 rings (SSSR count). The smallest absolute Gasteiger partial charge is 0.227 e. The van der Waals surface area contributed by atoms with Gasteiger partial charge in [-0.15, -0.1) is 0 Å². The molecule has 3 aromatic rings. The third-order valence-electron chi connectivity index (χ3n) is 6.57. The zero-order valence-corrected chi connectivity index (χ0v) is 22.3. The van der Waals surface area contributed by atoms with E-state index in [1.807, 2.05) is 35.9 Å². The van der Waals surface area contributed by atoms with Crippen LogP contribution in [-0.2, 0) is 20.9 Å². The molecule has 37 heavy (non-hydrogen) atoms. The van der Waals surface area contributed by atoms with Crippen molar-refractivity contribution in [3.8, 4) is 0 Å². The lowest BCUT2D eigenvalue weighted by Gasteiger charge is -2.28. The third-order valence-corrected chi connectivity index (χ3v) is 7.44. The number of rotatable bonds is 8. The minimum Gasteiger partial charge on any atom is -0.378 e. The summed E-state index contributed by atoms with van der Waals surface area (Å²) in [5.74, 6) is 0.378. The molecule has 2 amide bonds. The van der Waals surface area contributed by atoms with Gasteiger partial charge >= 0.3 is 0 Å². The highest BCUT2D eigenvalue weighted by atomic mass is 32.2. The number of carbonyl (C=O) groups is 2. The molecule has 2 aliphatic heterocycles. The van der Waals surface area contributed by atoms with Crippen LogP contribution >= 0.6 is 11.8 Å². The quantitative estimate of drug-likeness (QED) is 0.355. The van der Waals surface area contributed by atoms with Gasteiger partial charge in [0.25, 0.3) is 0 Å². The molecule has 11 heteroatoms. The minimum atomic E-state index is -0.368. The maximum atomic E-state index is 12.9. The predicted molar refractivity (Wildman–Crippen MR) is 144 cm³/mol. The van der Waals surface area contributed by atoms with E-state index >= 15 is 0 Å². The Hall–Kier alpha value is -3.18. The van der Waals surface area contributed by atoms with Gasteiger partial charge in [0.05, 0.1) is 37.3 Å². The number of aryl methyl sites for hydroxylation is 1. The second-order valence-electron chi connectivity index (χ2n) is 9.73. The molecule has 1 unspecified atom stereocenters. The van der Waals surface area contributed by atoms with Gasteiger partial charge in [0.2, 0.25) is 11.8 Å². The summed E-state index contributed by atoms with van der Waals surface area (Å²) in [7, 11) is 0. The van der Waals surface area contributed by atoms with E-state index in [4.69, 9.17) is 14.7 Å². The van der Waals surface area contributed by atoms with E-state index in [-0.39, 0.29) is 24.2 Å². The summed E-state index contributed by atoms with van der Waals surface area (Å²) in [5.41, 5.74) is 2.73. The molecule has 10 nitrogen and oxygen atoms in total. The molecule has 2 fully saturated rings. The Kier molecular flexibility index (Phi) is 7.61. The molecule has 0 aliphatic carbocycles. The summed E-state index contributed by atoms with van der Waals surface area (Å²) in [6.45, 7) is 10.4. The first kappa shape index (κ1) is 25.5. The summed E-state index contributed by atoms with van der Waals surface area (Å²) in [5, 5.41) is 9.53. The number of aromatic nitrogens is 4. The average Bonchev–Trinajstić information content (AvgIpc) is 3.48. The van der Waals surface area contributed by atoms with E-state index in [2.05, 4.69) is 29.2 Å². The van der Waals surface area contributed by atoms with Crippen LogP contribution in [0, 0.1) is 12.8 Å². The molecule has 2 saturated heterocycles. The van der Waals surface area contributed by atoms with Crippen LogP contribution in [0.15, 0.2) is 35.6 Å². The highest BCUT2D eigenvalue weighted by Gasteiger charge is 2.35. The molecule has 0 spiro atoms. The predicted octanol–water partition coefficient (Wildman–Crippen LogP) is 2.64. The molecule has 1 aromatic carbocycles. The summed E-state index contributed by atoms with van der Waals surface area (Å²) in [6.07, 6.45) is 2.02. The zero-order valence-electron chi connectivity index (χ0n) is 21.5. The summed E-state index contributed by atoms with van der Waals surface area (Å²) in [4.78, 5) is 39.0. The first-order valence-corrected chi connectivity index (χ1v) is 13.6. The van der Waals surface area contributed by atoms with Crippen LogP contribution in [0.5, 0.6) is 0 Å². The highest BCUT2D eigenvalue weighted by molar-refractivity contribution is 7.99. The fraction of sp³-hybridized carbons (Fsp3) is 0.500. The second-order valence-corrected chi connectivity index (χ2v) is 11.3. The van der Waals surface area contributed by atoms with E-state index in [0.29, 0.717) is 38.1 Å². The SMILES string of the molecule is Cc1ccc(N2CC(C(=O)NCCn3ncc4c(N5CCOCC5)nc(SC(C)C)nc43)CC2=O)cc1. The molecule has 0 bridgehead atoms. The molecule has 2 aliphatic rings. The first-order valence-electron chi connectivity index (χ1n) is 12.8. The van der Waals surface area contributed by atoms with Crippen LogP contribution in [0.25, 0.3) is 11.0 Å². The number of hydrogen-bond donors (Lipinski definition) is 1. The summed E-state index contributed by atoms with van der Waals surface area (Å²) < 4.78 is 7.34. The standard InChI is InChI=1S/C26H33N7O3S/c1-17(2)37-26-29-23(31-10-12-36-13-11-31)21-15-28-33(24(21)30-26)9-8-27-25(35)19-14-22(34)32(16-19)20-6-4-18(3)5-7-20/h4-7,15,17,19H,8-14,16H2,1-3H3,(H,27,35). The number of fused-ring (bicyclic) bond motifs is 1. The van der Waals surface area contributed by atoms with Crippen molar-refractivity contribution in [3.63, 3.8) is 0 Å². The van der Waals surface area contributed by atoms with Crippen molar-refractivity contribution >= 4 is 46.1 Å². The molecule has 0 saturated carbocycles. The van der Waals surface area contributed by atoms with Gasteiger partial charge in [-0.05, 0) is 19.1 Å². The Morgan fingerprint density at radius 3 is 2.68 bits per heavy atom. The van der Waals surface area contributed by atoms with Crippen LogP contribution in [0.2, 0.25) is 0 Å². The van der Waals surface area contributed by atoms with Gasteiger partial charge in [-0.25, -0.2) is 14.6 Å². The van der Waals surface area contributed by atoms with Crippen LogP contribution in [0.1, 0.15) is 25.8 Å². The molecule has 4 heterocycles. The number of nitrogens with zero attached hydrogens (tertiary/aromatic N) is 6. The first-order chi connectivity index (χ1) is 17.9. The number of hydrogen-bond acceptors (Lipinski definition) is 8. The molecular weight excluding hydrogens is 490 g/mol. The van der Waals surface area contributed by atoms with Gasteiger partial charge in [0.15, 0.2) is 10.8 Å². The van der Waals surface area contributed by atoms with Gasteiger partial charge in [-0.1, -0.05) is 43.3 Å².